The zero-order valence-corrected chi connectivity index (χ0v) is 14.4. The molecule has 26 heavy (non-hydrogen) atoms. The lowest BCUT2D eigenvalue weighted by atomic mass is 10.0. The second-order valence-corrected chi connectivity index (χ2v) is 6.08. The summed E-state index contributed by atoms with van der Waals surface area (Å²) >= 11 is 0. The van der Waals surface area contributed by atoms with Gasteiger partial charge in [-0.25, -0.2) is 0 Å². The van der Waals surface area contributed by atoms with E-state index in [1.165, 1.54) is 11.1 Å². The molecule has 0 aromatic heterocycles. The van der Waals surface area contributed by atoms with E-state index in [0.717, 1.165) is 24.0 Å². The molecule has 3 aromatic carbocycles. The number of nitriles is 2. The molecule has 3 rings (SSSR count). The second-order valence-electron chi connectivity index (χ2n) is 6.08. The topological polar surface area (TPSA) is 47.6 Å². The van der Waals surface area contributed by atoms with Gasteiger partial charge in [-0.2, -0.15) is 10.5 Å². The Labute approximate surface area is 154 Å². The summed E-state index contributed by atoms with van der Waals surface area (Å²) in [5.41, 5.74) is 5.94. The average Bonchev–Trinajstić information content (AvgIpc) is 2.72. The van der Waals surface area contributed by atoms with Gasteiger partial charge in [0.05, 0.1) is 23.3 Å². The maximum absolute atomic E-state index is 9.13. The quantitative estimate of drug-likeness (QED) is 0.588. The molecule has 0 unspecified atom stereocenters. The van der Waals surface area contributed by atoms with E-state index in [1.807, 2.05) is 60.7 Å². The van der Waals surface area contributed by atoms with Crippen molar-refractivity contribution in [1.82, 2.24) is 0 Å². The van der Waals surface area contributed by atoms with E-state index in [4.69, 9.17) is 10.5 Å². The molecule has 0 saturated carbocycles. The van der Waals surface area contributed by atoms with Crippen LogP contribution in [0.2, 0.25) is 0 Å². The van der Waals surface area contributed by atoms with Gasteiger partial charge in [-0.05, 0) is 53.3 Å². The molecule has 124 valence electrons. The maximum atomic E-state index is 9.13. The first kappa shape index (κ1) is 17.2. The van der Waals surface area contributed by atoms with Gasteiger partial charge in [0.15, 0.2) is 0 Å². The zero-order valence-electron chi connectivity index (χ0n) is 14.4. The van der Waals surface area contributed by atoms with Gasteiger partial charge in [-0.1, -0.05) is 66.7 Å². The van der Waals surface area contributed by atoms with E-state index in [0.29, 0.717) is 11.1 Å². The smallest absolute Gasteiger partial charge is 0.0997 e. The van der Waals surface area contributed by atoms with E-state index in [-0.39, 0.29) is 0 Å². The number of benzene rings is 3. The molecule has 0 amide bonds. The Bertz CT molecular complexity index is 982. The van der Waals surface area contributed by atoms with Crippen molar-refractivity contribution in [3.63, 3.8) is 0 Å². The lowest BCUT2D eigenvalue weighted by Gasteiger charge is -2.03. The predicted octanol–water partition coefficient (Wildman–Crippen LogP) is 5.39. The summed E-state index contributed by atoms with van der Waals surface area (Å²) in [5.74, 6) is 0. The van der Waals surface area contributed by atoms with Gasteiger partial charge in [0.2, 0.25) is 0 Å². The van der Waals surface area contributed by atoms with Crippen LogP contribution >= 0.6 is 0 Å². The average molecular weight is 334 g/mol. The minimum absolute atomic E-state index is 0.683. The number of hydrogen-bond donors (Lipinski definition) is 0. The molecule has 0 N–H and O–H groups in total. The molecule has 0 aliphatic rings. The van der Waals surface area contributed by atoms with Gasteiger partial charge in [0.25, 0.3) is 0 Å². The van der Waals surface area contributed by atoms with Gasteiger partial charge in [-0.15, -0.1) is 0 Å². The summed E-state index contributed by atoms with van der Waals surface area (Å²) in [6, 6.07) is 28.2. The molecule has 0 fully saturated rings. The van der Waals surface area contributed by atoms with Crippen LogP contribution in [0.15, 0.2) is 72.8 Å². The Morgan fingerprint density at radius 2 is 1.27 bits per heavy atom. The van der Waals surface area contributed by atoms with Crippen molar-refractivity contribution >= 4 is 12.2 Å². The van der Waals surface area contributed by atoms with E-state index >= 15 is 0 Å². The number of nitrogens with zero attached hydrogens (tertiary/aromatic N) is 2. The van der Waals surface area contributed by atoms with Crippen molar-refractivity contribution in [1.29, 1.82) is 10.5 Å². The van der Waals surface area contributed by atoms with E-state index in [9.17, 15) is 0 Å². The van der Waals surface area contributed by atoms with Crippen LogP contribution in [-0.4, -0.2) is 0 Å². The molecule has 2 nitrogen and oxygen atoms in total. The zero-order chi connectivity index (χ0) is 18.2. The SMILES string of the molecule is N#Cc1ccc(CCc2ccc(/C=C/c3ccccc3C#N)cc2)cc1. The molecule has 0 heterocycles. The molecular weight excluding hydrogens is 316 g/mol. The Hall–Kier alpha value is -3.62. The number of aryl methyl sites for hydroxylation is 2. The van der Waals surface area contributed by atoms with Crippen molar-refractivity contribution in [2.24, 2.45) is 0 Å². The third kappa shape index (κ3) is 4.47. The summed E-state index contributed by atoms with van der Waals surface area (Å²) in [6.07, 6.45) is 5.93. The van der Waals surface area contributed by atoms with Gasteiger partial charge >= 0.3 is 0 Å². The summed E-state index contributed by atoms with van der Waals surface area (Å²) < 4.78 is 0. The van der Waals surface area contributed by atoms with E-state index in [1.54, 1.807) is 0 Å². The number of hydrogen-bond acceptors (Lipinski definition) is 2. The normalized spacial score (nSPS) is 10.4. The van der Waals surface area contributed by atoms with Crippen LogP contribution in [0.25, 0.3) is 12.2 Å². The van der Waals surface area contributed by atoms with Crippen molar-refractivity contribution < 1.29 is 0 Å². The standard InChI is InChI=1S/C24H18N2/c25-17-22-13-11-20(12-14-22)6-5-19-7-9-21(10-8-19)15-16-23-3-1-2-4-24(23)18-26/h1-4,7-16H,5-6H2/b16-15+. The maximum Gasteiger partial charge on any atom is 0.0997 e. The highest BCUT2D eigenvalue weighted by molar-refractivity contribution is 5.72. The highest BCUT2D eigenvalue weighted by Crippen LogP contribution is 2.14. The third-order valence-electron chi connectivity index (χ3n) is 4.30. The summed E-state index contributed by atoms with van der Waals surface area (Å²) in [4.78, 5) is 0. The van der Waals surface area contributed by atoms with Crippen LogP contribution in [0.5, 0.6) is 0 Å². The minimum atomic E-state index is 0.683. The fourth-order valence-corrected chi connectivity index (χ4v) is 2.76. The van der Waals surface area contributed by atoms with Crippen molar-refractivity contribution in [2.45, 2.75) is 12.8 Å². The van der Waals surface area contributed by atoms with E-state index in [2.05, 4.69) is 36.4 Å². The summed E-state index contributed by atoms with van der Waals surface area (Å²) in [7, 11) is 0. The van der Waals surface area contributed by atoms with Crippen LogP contribution in [0, 0.1) is 22.7 Å². The van der Waals surface area contributed by atoms with E-state index < -0.39 is 0 Å². The molecular formula is C24H18N2. The van der Waals surface area contributed by atoms with Crippen LogP contribution in [-0.2, 0) is 12.8 Å². The molecule has 0 radical (unpaired) electrons. The monoisotopic (exact) mass is 334 g/mol. The lowest BCUT2D eigenvalue weighted by Crippen LogP contribution is -1.91. The molecule has 0 atom stereocenters. The molecule has 0 saturated heterocycles. The molecule has 0 spiro atoms. The molecule has 0 aliphatic heterocycles. The Kier molecular flexibility index (Phi) is 5.61. The Morgan fingerprint density at radius 3 is 1.88 bits per heavy atom. The highest BCUT2D eigenvalue weighted by Gasteiger charge is 1.98. The summed E-state index contributed by atoms with van der Waals surface area (Å²) in [6.45, 7) is 0. The van der Waals surface area contributed by atoms with Crippen molar-refractivity contribution in [3.05, 3.63) is 106 Å². The summed E-state index contributed by atoms with van der Waals surface area (Å²) in [5, 5.41) is 18.0. The molecule has 0 aliphatic carbocycles. The van der Waals surface area contributed by atoms with Crippen LogP contribution in [0.4, 0.5) is 0 Å². The predicted molar refractivity (Wildman–Crippen MR) is 105 cm³/mol. The van der Waals surface area contributed by atoms with Crippen molar-refractivity contribution in [3.8, 4) is 12.1 Å². The fraction of sp³-hybridized carbons (Fsp3) is 0.0833. The first-order valence-electron chi connectivity index (χ1n) is 8.54. The van der Waals surface area contributed by atoms with Crippen LogP contribution in [0.3, 0.4) is 0 Å². The Morgan fingerprint density at radius 1 is 0.654 bits per heavy atom. The molecule has 2 heteroatoms. The van der Waals surface area contributed by atoms with Gasteiger partial charge in [0, 0.05) is 0 Å². The largest absolute Gasteiger partial charge is 0.192 e. The first-order valence-corrected chi connectivity index (χ1v) is 8.54. The van der Waals surface area contributed by atoms with Crippen LogP contribution in [0.1, 0.15) is 33.4 Å². The van der Waals surface area contributed by atoms with Gasteiger partial charge < -0.3 is 0 Å². The minimum Gasteiger partial charge on any atom is -0.192 e. The number of rotatable bonds is 5. The lowest BCUT2D eigenvalue weighted by molar-refractivity contribution is 0.960. The first-order chi connectivity index (χ1) is 12.8. The van der Waals surface area contributed by atoms with Gasteiger partial charge in [0.1, 0.15) is 0 Å². The molecule has 3 aromatic rings. The highest BCUT2D eigenvalue weighted by atomic mass is 14.2. The second kappa shape index (κ2) is 8.47. The van der Waals surface area contributed by atoms with Crippen molar-refractivity contribution in [2.75, 3.05) is 0 Å². The van der Waals surface area contributed by atoms with Crippen LogP contribution < -0.4 is 0 Å². The molecule has 0 bridgehead atoms. The third-order valence-corrected chi connectivity index (χ3v) is 4.30. The Balaban J connectivity index is 1.62. The van der Waals surface area contributed by atoms with Gasteiger partial charge in [-0.3, -0.25) is 0 Å². The fourth-order valence-electron chi connectivity index (χ4n) is 2.76.